The van der Waals surface area contributed by atoms with Crippen molar-refractivity contribution in [3.63, 3.8) is 0 Å². The third-order valence-corrected chi connectivity index (χ3v) is 4.11. The molecular formula is C13H14O2S. The molecule has 1 fully saturated rings. The van der Waals surface area contributed by atoms with Crippen LogP contribution in [-0.4, -0.2) is 16.8 Å². The normalized spacial score (nSPS) is 21.1. The molecule has 0 amide bonds. The Labute approximate surface area is 99.4 Å². The van der Waals surface area contributed by atoms with Crippen molar-refractivity contribution in [3.05, 3.63) is 35.9 Å². The fourth-order valence-corrected chi connectivity index (χ4v) is 2.94. The minimum absolute atomic E-state index is 0.0258. The highest BCUT2D eigenvalue weighted by atomic mass is 32.2. The van der Waals surface area contributed by atoms with E-state index in [1.165, 1.54) is 5.56 Å². The molecule has 2 nitrogen and oxygen atoms in total. The lowest BCUT2D eigenvalue weighted by molar-refractivity contribution is -0.129. The first-order chi connectivity index (χ1) is 7.75. The van der Waals surface area contributed by atoms with Crippen LogP contribution in [0.3, 0.4) is 0 Å². The summed E-state index contributed by atoms with van der Waals surface area (Å²) < 4.78 is 0. The van der Waals surface area contributed by atoms with E-state index in [4.69, 9.17) is 0 Å². The second-order valence-corrected chi connectivity index (χ2v) is 5.20. The maximum Gasteiger partial charge on any atom is 0.153 e. The molecule has 1 aliphatic carbocycles. The van der Waals surface area contributed by atoms with Crippen LogP contribution in [-0.2, 0) is 15.3 Å². The van der Waals surface area contributed by atoms with Gasteiger partial charge in [-0.15, -0.1) is 11.8 Å². The number of benzene rings is 1. The quantitative estimate of drug-likeness (QED) is 0.754. The van der Waals surface area contributed by atoms with E-state index in [2.05, 4.69) is 12.1 Å². The number of hydrogen-bond acceptors (Lipinski definition) is 3. The maximum absolute atomic E-state index is 11.6. The Morgan fingerprint density at radius 2 is 1.94 bits per heavy atom. The van der Waals surface area contributed by atoms with Gasteiger partial charge >= 0.3 is 0 Å². The minimum atomic E-state index is 0.0258. The molecular weight excluding hydrogens is 220 g/mol. The highest BCUT2D eigenvalue weighted by molar-refractivity contribution is 7.99. The number of hydrogen-bond donors (Lipinski definition) is 0. The average Bonchev–Trinajstić information content (AvgIpc) is 2.29. The third kappa shape index (κ3) is 2.95. The molecule has 0 N–H and O–H groups in total. The van der Waals surface area contributed by atoms with Gasteiger partial charge in [0.25, 0.3) is 0 Å². The second-order valence-electron chi connectivity index (χ2n) is 4.01. The summed E-state index contributed by atoms with van der Waals surface area (Å²) in [6, 6.07) is 10.1. The minimum Gasteiger partial charge on any atom is -0.299 e. The monoisotopic (exact) mass is 234 g/mol. The van der Waals surface area contributed by atoms with Gasteiger partial charge < -0.3 is 0 Å². The SMILES string of the molecule is O=C1CCC(SCc2ccccc2)C(=O)C1. The molecule has 0 radical (unpaired) electrons. The lowest BCUT2D eigenvalue weighted by atomic mass is 9.98. The molecule has 1 atom stereocenters. The Hall–Kier alpha value is -1.09. The summed E-state index contributed by atoms with van der Waals surface area (Å²) >= 11 is 1.66. The fourth-order valence-electron chi connectivity index (χ4n) is 1.80. The first-order valence-electron chi connectivity index (χ1n) is 5.45. The van der Waals surface area contributed by atoms with Gasteiger partial charge in [0.05, 0.1) is 11.7 Å². The zero-order valence-corrected chi connectivity index (χ0v) is 9.83. The summed E-state index contributed by atoms with van der Waals surface area (Å²) in [4.78, 5) is 22.6. The molecule has 84 valence electrons. The summed E-state index contributed by atoms with van der Waals surface area (Å²) in [5.41, 5.74) is 1.23. The van der Waals surface area contributed by atoms with Gasteiger partial charge in [0, 0.05) is 12.2 Å². The number of rotatable bonds is 3. The molecule has 0 heterocycles. The Balaban J connectivity index is 1.87. The molecule has 16 heavy (non-hydrogen) atoms. The Morgan fingerprint density at radius 3 is 2.62 bits per heavy atom. The van der Waals surface area contributed by atoms with Gasteiger partial charge in [-0.05, 0) is 12.0 Å². The number of ketones is 2. The van der Waals surface area contributed by atoms with E-state index in [1.54, 1.807) is 11.8 Å². The first kappa shape index (κ1) is 11.4. The van der Waals surface area contributed by atoms with Gasteiger partial charge in [-0.1, -0.05) is 30.3 Å². The van der Waals surface area contributed by atoms with E-state index in [-0.39, 0.29) is 23.2 Å². The lowest BCUT2D eigenvalue weighted by Gasteiger charge is -2.19. The van der Waals surface area contributed by atoms with Crippen molar-refractivity contribution in [2.45, 2.75) is 30.3 Å². The van der Waals surface area contributed by atoms with E-state index in [1.807, 2.05) is 18.2 Å². The van der Waals surface area contributed by atoms with Gasteiger partial charge in [-0.3, -0.25) is 9.59 Å². The molecule has 3 heteroatoms. The highest BCUT2D eigenvalue weighted by Gasteiger charge is 2.26. The van der Waals surface area contributed by atoms with Crippen LogP contribution in [0.2, 0.25) is 0 Å². The van der Waals surface area contributed by atoms with Crippen molar-refractivity contribution < 1.29 is 9.59 Å². The number of carbonyl (C=O) groups is 2. The summed E-state index contributed by atoms with van der Waals surface area (Å²) in [6.07, 6.45) is 1.43. The topological polar surface area (TPSA) is 34.1 Å². The van der Waals surface area contributed by atoms with Crippen LogP contribution >= 0.6 is 11.8 Å². The largest absolute Gasteiger partial charge is 0.299 e. The summed E-state index contributed by atoms with van der Waals surface area (Å²) in [7, 11) is 0. The molecule has 2 rings (SSSR count). The number of thioether (sulfide) groups is 1. The van der Waals surface area contributed by atoms with Crippen molar-refractivity contribution in [1.82, 2.24) is 0 Å². The van der Waals surface area contributed by atoms with Crippen LogP contribution in [0.4, 0.5) is 0 Å². The van der Waals surface area contributed by atoms with Crippen molar-refractivity contribution in [1.29, 1.82) is 0 Å². The van der Waals surface area contributed by atoms with Crippen molar-refractivity contribution in [2.24, 2.45) is 0 Å². The van der Waals surface area contributed by atoms with Crippen molar-refractivity contribution in [3.8, 4) is 0 Å². The van der Waals surface area contributed by atoms with E-state index in [9.17, 15) is 9.59 Å². The van der Waals surface area contributed by atoms with E-state index in [0.29, 0.717) is 6.42 Å². The predicted molar refractivity (Wildman–Crippen MR) is 65.4 cm³/mol. The molecule has 0 spiro atoms. The third-order valence-electron chi connectivity index (χ3n) is 2.71. The van der Waals surface area contributed by atoms with Gasteiger partial charge in [0.2, 0.25) is 0 Å². The van der Waals surface area contributed by atoms with Gasteiger partial charge in [0.1, 0.15) is 5.78 Å². The molecule has 1 aromatic rings. The molecule has 0 aromatic heterocycles. The smallest absolute Gasteiger partial charge is 0.153 e. The molecule has 0 saturated heterocycles. The maximum atomic E-state index is 11.6. The van der Waals surface area contributed by atoms with Crippen LogP contribution in [0.15, 0.2) is 30.3 Å². The Kier molecular flexibility index (Phi) is 3.78. The zero-order chi connectivity index (χ0) is 11.4. The Bertz CT molecular complexity index is 386. The predicted octanol–water partition coefficient (Wildman–Crippen LogP) is 2.61. The summed E-state index contributed by atoms with van der Waals surface area (Å²) in [6.45, 7) is 0. The molecule has 1 aromatic carbocycles. The van der Waals surface area contributed by atoms with E-state index < -0.39 is 0 Å². The van der Waals surface area contributed by atoms with Gasteiger partial charge in [-0.25, -0.2) is 0 Å². The first-order valence-corrected chi connectivity index (χ1v) is 6.50. The van der Waals surface area contributed by atoms with Crippen LogP contribution in [0.25, 0.3) is 0 Å². The highest BCUT2D eigenvalue weighted by Crippen LogP contribution is 2.26. The second kappa shape index (κ2) is 5.30. The fraction of sp³-hybridized carbons (Fsp3) is 0.385. The molecule has 1 unspecified atom stereocenters. The molecule has 1 saturated carbocycles. The van der Waals surface area contributed by atoms with Crippen molar-refractivity contribution >= 4 is 23.3 Å². The number of Topliss-reactive ketones (excluding diaryl/α,β-unsaturated/α-hetero) is 2. The van der Waals surface area contributed by atoms with Crippen LogP contribution in [0, 0.1) is 0 Å². The molecule has 0 bridgehead atoms. The van der Waals surface area contributed by atoms with Crippen LogP contribution in [0.5, 0.6) is 0 Å². The number of carbonyl (C=O) groups excluding carboxylic acids is 2. The standard InChI is InChI=1S/C13H14O2S/c14-11-6-7-13(12(15)8-11)16-9-10-4-2-1-3-5-10/h1-5,13H,6-9H2. The Morgan fingerprint density at radius 1 is 1.19 bits per heavy atom. The van der Waals surface area contributed by atoms with Crippen LogP contribution in [0.1, 0.15) is 24.8 Å². The zero-order valence-electron chi connectivity index (χ0n) is 9.02. The summed E-state index contributed by atoms with van der Waals surface area (Å²) in [5, 5.41) is 0.0258. The van der Waals surface area contributed by atoms with Crippen molar-refractivity contribution in [2.75, 3.05) is 0 Å². The average molecular weight is 234 g/mol. The van der Waals surface area contributed by atoms with E-state index in [0.717, 1.165) is 12.2 Å². The lowest BCUT2D eigenvalue weighted by Crippen LogP contribution is -2.27. The molecule has 0 aliphatic heterocycles. The van der Waals surface area contributed by atoms with Crippen LogP contribution < -0.4 is 0 Å². The van der Waals surface area contributed by atoms with E-state index >= 15 is 0 Å². The van der Waals surface area contributed by atoms with Gasteiger partial charge in [0.15, 0.2) is 5.78 Å². The molecule has 1 aliphatic rings. The summed E-state index contributed by atoms with van der Waals surface area (Å²) in [5.74, 6) is 1.06. The van der Waals surface area contributed by atoms with Gasteiger partial charge in [-0.2, -0.15) is 0 Å².